The van der Waals surface area contributed by atoms with Crippen LogP contribution in [0.1, 0.15) is 284 Å². The van der Waals surface area contributed by atoms with E-state index in [0.717, 1.165) is 70.6 Å². The maximum absolute atomic E-state index is 13.3. The van der Waals surface area contributed by atoms with Crippen LogP contribution in [-0.4, -0.2) is 140 Å². The molecule has 1 amide bonds. The van der Waals surface area contributed by atoms with Crippen LogP contribution in [0, 0.1) is 0 Å². The lowest BCUT2D eigenvalue weighted by Crippen LogP contribution is -2.65. The van der Waals surface area contributed by atoms with E-state index in [1.54, 1.807) is 6.08 Å². The van der Waals surface area contributed by atoms with Gasteiger partial charge in [-0.1, -0.05) is 280 Å². The molecule has 2 aliphatic heterocycles. The standard InChI is InChI=1S/C70H127NO13/c1-3-5-7-9-11-13-15-17-19-21-23-25-26-27-28-29-30-31-32-34-35-37-39-41-43-45-47-49-51-53-59(74)58(57-81-69-67(80)65(78)68(61(56-73)83-69)84-70-66(79)64(77)63(76)60(55-72)82-70)71-62(75)54-52-50-48-46-44-42-40-38-36-33-24-22-20-18-16-14-12-10-8-6-4-2/h6,8,12,14,18,20,24,33,51,53,58-61,63-70,72-74,76-80H,3-5,7,9-11,13,15-17,19,21-23,25-32,34-50,52,54-57H2,1-2H3,(H,71,75)/b8-6-,14-12-,20-18-,33-24-,53-51+. The molecule has 2 aliphatic rings. The van der Waals surface area contributed by atoms with Crippen LogP contribution in [0.4, 0.5) is 0 Å². The molecule has 14 nitrogen and oxygen atoms in total. The lowest BCUT2D eigenvalue weighted by molar-refractivity contribution is -0.359. The highest BCUT2D eigenvalue weighted by molar-refractivity contribution is 5.76. The number of ether oxygens (including phenoxy) is 4. The first-order valence-electron chi connectivity index (χ1n) is 34.5. The van der Waals surface area contributed by atoms with Crippen molar-refractivity contribution in [2.24, 2.45) is 0 Å². The molecule has 9 N–H and O–H groups in total. The number of carbonyl (C=O) groups excluding carboxylic acids is 1. The quantitative estimate of drug-likeness (QED) is 0.0204. The fourth-order valence-corrected chi connectivity index (χ4v) is 11.2. The number of aliphatic hydroxyl groups is 8. The van der Waals surface area contributed by atoms with Crippen molar-refractivity contribution in [2.75, 3.05) is 19.8 Å². The van der Waals surface area contributed by atoms with E-state index in [2.05, 4.69) is 67.8 Å². The molecule has 0 aromatic rings. The van der Waals surface area contributed by atoms with E-state index in [-0.39, 0.29) is 18.9 Å². The van der Waals surface area contributed by atoms with Crippen LogP contribution in [-0.2, 0) is 23.7 Å². The zero-order valence-electron chi connectivity index (χ0n) is 53.1. The van der Waals surface area contributed by atoms with Gasteiger partial charge in [-0.15, -0.1) is 0 Å². The molecule has 0 spiro atoms. The zero-order valence-corrected chi connectivity index (χ0v) is 53.1. The summed E-state index contributed by atoms with van der Waals surface area (Å²) in [5, 5.41) is 87.4. The van der Waals surface area contributed by atoms with Gasteiger partial charge in [0, 0.05) is 6.42 Å². The smallest absolute Gasteiger partial charge is 0.220 e. The van der Waals surface area contributed by atoms with E-state index < -0.39 is 86.8 Å². The van der Waals surface area contributed by atoms with E-state index >= 15 is 0 Å². The SMILES string of the molecule is CC/C=C\C/C=C\C/C=C\C/C=C\CCCCCCCCCCC(=O)NC(COC1OC(CO)C(OC2OC(CO)C(O)C(O)C2O)C(O)C1O)C(O)/C=C/CCCCCCCCCCCCCCCCCCCCCCCCCCCCC. The first-order chi connectivity index (χ1) is 41.1. The molecule has 0 bridgehead atoms. The molecular formula is C70H127NO13. The second-order valence-electron chi connectivity index (χ2n) is 24.3. The number of rotatable bonds is 56. The van der Waals surface area contributed by atoms with E-state index in [0.29, 0.717) is 6.42 Å². The van der Waals surface area contributed by atoms with Crippen LogP contribution in [0.2, 0.25) is 0 Å². The molecule has 0 aromatic heterocycles. The summed E-state index contributed by atoms with van der Waals surface area (Å²) < 4.78 is 22.8. The molecule has 0 saturated carbocycles. The Kier molecular flexibility index (Phi) is 50.8. The minimum absolute atomic E-state index is 0.246. The van der Waals surface area contributed by atoms with Gasteiger partial charge >= 0.3 is 0 Å². The minimum Gasteiger partial charge on any atom is -0.394 e. The van der Waals surface area contributed by atoms with Crippen LogP contribution in [0.3, 0.4) is 0 Å². The van der Waals surface area contributed by atoms with Crippen molar-refractivity contribution < 1.29 is 64.6 Å². The number of nitrogens with one attached hydrogen (secondary N) is 1. The van der Waals surface area contributed by atoms with E-state index in [9.17, 15) is 45.6 Å². The first-order valence-corrected chi connectivity index (χ1v) is 34.5. The van der Waals surface area contributed by atoms with Crippen molar-refractivity contribution in [3.8, 4) is 0 Å². The van der Waals surface area contributed by atoms with Gasteiger partial charge in [0.25, 0.3) is 0 Å². The third kappa shape index (κ3) is 38.9. The van der Waals surface area contributed by atoms with Crippen molar-refractivity contribution in [3.05, 3.63) is 60.8 Å². The molecule has 2 fully saturated rings. The van der Waals surface area contributed by atoms with Crippen LogP contribution in [0.15, 0.2) is 60.8 Å². The number of hydrogen-bond donors (Lipinski definition) is 9. The molecule has 490 valence electrons. The Bertz CT molecular complexity index is 1640. The predicted molar refractivity (Wildman–Crippen MR) is 341 cm³/mol. The van der Waals surface area contributed by atoms with Crippen molar-refractivity contribution >= 4 is 5.91 Å². The van der Waals surface area contributed by atoms with Crippen LogP contribution in [0.5, 0.6) is 0 Å². The third-order valence-electron chi connectivity index (χ3n) is 16.7. The van der Waals surface area contributed by atoms with Gasteiger partial charge < -0.3 is 65.1 Å². The van der Waals surface area contributed by atoms with Crippen molar-refractivity contribution in [1.29, 1.82) is 0 Å². The average Bonchev–Trinajstić information content (AvgIpc) is 3.18. The summed E-state index contributed by atoms with van der Waals surface area (Å²) in [4.78, 5) is 13.3. The Morgan fingerprint density at radius 3 is 1.26 bits per heavy atom. The van der Waals surface area contributed by atoms with Gasteiger partial charge in [0.15, 0.2) is 12.6 Å². The first kappa shape index (κ1) is 77.8. The molecule has 0 radical (unpaired) electrons. The van der Waals surface area contributed by atoms with Gasteiger partial charge in [0.1, 0.15) is 48.8 Å². The highest BCUT2D eigenvalue weighted by Crippen LogP contribution is 2.30. The van der Waals surface area contributed by atoms with Gasteiger partial charge in [-0.3, -0.25) is 4.79 Å². The lowest BCUT2D eigenvalue weighted by Gasteiger charge is -2.46. The molecule has 14 heteroatoms. The van der Waals surface area contributed by atoms with Crippen LogP contribution >= 0.6 is 0 Å². The Hall–Kier alpha value is -2.31. The normalized spacial score (nSPS) is 24.0. The maximum atomic E-state index is 13.3. The van der Waals surface area contributed by atoms with E-state index in [4.69, 9.17) is 18.9 Å². The minimum atomic E-state index is -1.79. The number of aliphatic hydroxyl groups excluding tert-OH is 8. The summed E-state index contributed by atoms with van der Waals surface area (Å²) in [7, 11) is 0. The highest BCUT2D eigenvalue weighted by atomic mass is 16.7. The Balaban J connectivity index is 1.69. The monoisotopic (exact) mass is 1190 g/mol. The molecule has 12 atom stereocenters. The molecule has 2 heterocycles. The second kappa shape index (κ2) is 54.8. The summed E-state index contributed by atoms with van der Waals surface area (Å²) in [6, 6.07) is -0.923. The highest BCUT2D eigenvalue weighted by Gasteiger charge is 2.51. The van der Waals surface area contributed by atoms with E-state index in [1.165, 1.54) is 186 Å². The topological polar surface area (TPSA) is 228 Å². The average molecular weight is 1190 g/mol. The number of unbranched alkanes of at least 4 members (excludes halogenated alkanes) is 35. The van der Waals surface area contributed by atoms with E-state index in [1.807, 2.05) is 6.08 Å². The summed E-state index contributed by atoms with van der Waals surface area (Å²) in [5.74, 6) is -0.246. The van der Waals surface area contributed by atoms with Gasteiger partial charge in [-0.05, 0) is 57.8 Å². The van der Waals surface area contributed by atoms with Crippen molar-refractivity contribution in [2.45, 2.75) is 357 Å². The van der Waals surface area contributed by atoms with Crippen molar-refractivity contribution in [3.63, 3.8) is 0 Å². The van der Waals surface area contributed by atoms with Crippen LogP contribution < -0.4 is 5.32 Å². The Morgan fingerprint density at radius 1 is 0.440 bits per heavy atom. The molecule has 2 saturated heterocycles. The maximum Gasteiger partial charge on any atom is 0.220 e. The summed E-state index contributed by atoms with van der Waals surface area (Å²) >= 11 is 0. The Labute approximate surface area is 511 Å². The fraction of sp³-hybridized carbons (Fsp3) is 0.843. The van der Waals surface area contributed by atoms with Crippen molar-refractivity contribution in [1.82, 2.24) is 5.32 Å². The van der Waals surface area contributed by atoms with Gasteiger partial charge in [-0.25, -0.2) is 0 Å². The van der Waals surface area contributed by atoms with Gasteiger partial charge in [0.05, 0.1) is 32.0 Å². The van der Waals surface area contributed by atoms with Gasteiger partial charge in [0.2, 0.25) is 5.91 Å². The predicted octanol–water partition coefficient (Wildman–Crippen LogP) is 13.7. The molecule has 0 aromatic carbocycles. The number of hydrogen-bond acceptors (Lipinski definition) is 13. The summed E-state index contributed by atoms with van der Waals surface area (Å²) in [6.45, 7) is 2.71. The fourth-order valence-electron chi connectivity index (χ4n) is 11.2. The second-order valence-corrected chi connectivity index (χ2v) is 24.3. The summed E-state index contributed by atoms with van der Waals surface area (Å²) in [6.07, 6.45) is 55.6. The zero-order chi connectivity index (χ0) is 60.9. The molecule has 12 unspecified atom stereocenters. The number of allylic oxidation sites excluding steroid dienone is 9. The molecule has 2 rings (SSSR count). The number of carbonyl (C=O) groups is 1. The summed E-state index contributed by atoms with van der Waals surface area (Å²) in [5.41, 5.74) is 0. The van der Waals surface area contributed by atoms with Gasteiger partial charge in [-0.2, -0.15) is 0 Å². The third-order valence-corrected chi connectivity index (χ3v) is 16.7. The molecule has 0 aliphatic carbocycles. The lowest BCUT2D eigenvalue weighted by atomic mass is 9.97. The Morgan fingerprint density at radius 2 is 0.821 bits per heavy atom. The largest absolute Gasteiger partial charge is 0.394 e. The molecular weight excluding hydrogens is 1060 g/mol. The molecule has 84 heavy (non-hydrogen) atoms. The number of amides is 1. The van der Waals surface area contributed by atoms with Crippen LogP contribution in [0.25, 0.3) is 0 Å².